The number of hydrogen-bond acceptors (Lipinski definition) is 4. The molecule has 1 aromatic heterocycles. The van der Waals surface area contributed by atoms with Gasteiger partial charge in [0.2, 0.25) is 5.91 Å². The predicted octanol–water partition coefficient (Wildman–Crippen LogP) is 6.03. The maximum Gasteiger partial charge on any atom is 0.403 e. The van der Waals surface area contributed by atoms with Crippen LogP contribution in [0.2, 0.25) is 10.0 Å². The number of carbonyl (C=O) groups excluding carboxylic acids is 1. The molecule has 2 aromatic carbocycles. The van der Waals surface area contributed by atoms with Crippen LogP contribution in [-0.2, 0) is 22.5 Å². The largest absolute Gasteiger partial charge is 0.403 e. The van der Waals surface area contributed by atoms with Gasteiger partial charge in [0.1, 0.15) is 11.2 Å². The molecule has 2 heterocycles. The summed E-state index contributed by atoms with van der Waals surface area (Å²) < 4.78 is 45.0. The number of methoxy groups -OCH3 is 1. The highest BCUT2D eigenvalue weighted by molar-refractivity contribution is 6.34. The number of aromatic amines is 1. The lowest BCUT2D eigenvalue weighted by Crippen LogP contribution is -2.40. The van der Waals surface area contributed by atoms with E-state index in [4.69, 9.17) is 32.9 Å². The van der Waals surface area contributed by atoms with E-state index in [9.17, 15) is 18.0 Å². The molecule has 5 rings (SSSR count). The van der Waals surface area contributed by atoms with Gasteiger partial charge in [-0.05, 0) is 55.0 Å². The number of imidazole rings is 1. The third-order valence-electron chi connectivity index (χ3n) is 7.29. The van der Waals surface area contributed by atoms with E-state index in [-0.39, 0.29) is 25.4 Å². The number of nitrogens with zero attached hydrogens (tertiary/aromatic N) is 2. The van der Waals surface area contributed by atoms with Crippen molar-refractivity contribution in [2.24, 2.45) is 5.41 Å². The maximum absolute atomic E-state index is 13.2. The first kappa shape index (κ1) is 26.1. The zero-order valence-electron chi connectivity index (χ0n) is 20.2. The van der Waals surface area contributed by atoms with Crippen LogP contribution in [0, 0.1) is 5.41 Å². The average Bonchev–Trinajstić information content (AvgIpc) is 3.42. The van der Waals surface area contributed by atoms with Gasteiger partial charge >= 0.3 is 6.18 Å². The summed E-state index contributed by atoms with van der Waals surface area (Å²) in [6.45, 7) is 1.52. The molecule has 3 aromatic rings. The summed E-state index contributed by atoms with van der Waals surface area (Å²) in [7, 11) is 1.70. The van der Waals surface area contributed by atoms with Crippen LogP contribution in [0.3, 0.4) is 0 Å². The van der Waals surface area contributed by atoms with Crippen molar-refractivity contribution in [2.75, 3.05) is 25.2 Å². The number of carbonyl (C=O) groups is 1. The summed E-state index contributed by atoms with van der Waals surface area (Å²) in [4.78, 5) is 22.5. The predicted molar refractivity (Wildman–Crippen MR) is 137 cm³/mol. The molecule has 1 aliphatic carbocycles. The molecule has 1 aliphatic heterocycles. The number of anilines is 1. The fraction of sp³-hybridized carbons (Fsp3) is 0.462. The van der Waals surface area contributed by atoms with Gasteiger partial charge in [-0.15, -0.1) is 0 Å². The minimum atomic E-state index is -4.54. The maximum atomic E-state index is 13.2. The Balaban J connectivity index is 1.32. The van der Waals surface area contributed by atoms with Gasteiger partial charge in [0, 0.05) is 31.6 Å². The van der Waals surface area contributed by atoms with Crippen LogP contribution >= 0.6 is 23.2 Å². The summed E-state index contributed by atoms with van der Waals surface area (Å²) in [5.74, 6) is -0.303. The molecule has 6 nitrogen and oxygen atoms in total. The summed E-state index contributed by atoms with van der Waals surface area (Å²) in [6, 6.07) is 9.26. The van der Waals surface area contributed by atoms with E-state index >= 15 is 0 Å². The van der Waals surface area contributed by atoms with Crippen LogP contribution in [0.1, 0.15) is 42.6 Å². The molecular formula is C26H27Cl2F3N4O2. The first-order valence-corrected chi connectivity index (χ1v) is 12.9. The Morgan fingerprint density at radius 1 is 1.24 bits per heavy atom. The van der Waals surface area contributed by atoms with Gasteiger partial charge in [0.05, 0.1) is 34.4 Å². The van der Waals surface area contributed by atoms with Gasteiger partial charge in [-0.1, -0.05) is 35.3 Å². The molecule has 1 saturated carbocycles. The second-order valence-corrected chi connectivity index (χ2v) is 10.6. The molecule has 2 N–H and O–H groups in total. The van der Waals surface area contributed by atoms with Gasteiger partial charge in [-0.2, -0.15) is 13.2 Å². The van der Waals surface area contributed by atoms with E-state index in [2.05, 4.69) is 15.2 Å². The van der Waals surface area contributed by atoms with Gasteiger partial charge in [0.15, 0.2) is 0 Å². The summed E-state index contributed by atoms with van der Waals surface area (Å²) in [6.07, 6.45) is -2.38. The van der Waals surface area contributed by atoms with Gasteiger partial charge in [-0.3, -0.25) is 4.79 Å². The number of halogens is 5. The lowest BCUT2D eigenvalue weighted by molar-refractivity contribution is -0.192. The number of hydrogen-bond donors (Lipinski definition) is 2. The van der Waals surface area contributed by atoms with Crippen molar-refractivity contribution >= 4 is 45.8 Å². The molecule has 1 atom stereocenters. The van der Waals surface area contributed by atoms with E-state index in [0.29, 0.717) is 34.5 Å². The van der Waals surface area contributed by atoms with Crippen molar-refractivity contribution in [1.82, 2.24) is 15.3 Å². The highest BCUT2D eigenvalue weighted by Crippen LogP contribution is 2.57. The monoisotopic (exact) mass is 554 g/mol. The Morgan fingerprint density at radius 2 is 2.03 bits per heavy atom. The molecule has 0 radical (unpaired) electrons. The third kappa shape index (κ3) is 5.13. The third-order valence-corrected chi connectivity index (χ3v) is 7.96. The molecule has 1 saturated heterocycles. The topological polar surface area (TPSA) is 70.2 Å². The van der Waals surface area contributed by atoms with Crippen molar-refractivity contribution in [2.45, 2.75) is 50.9 Å². The highest BCUT2D eigenvalue weighted by atomic mass is 35.5. The number of alkyl halides is 3. The number of ether oxygens (including phenoxy) is 1. The van der Waals surface area contributed by atoms with Crippen molar-refractivity contribution < 1.29 is 22.7 Å². The van der Waals surface area contributed by atoms with Crippen molar-refractivity contribution in [1.29, 1.82) is 0 Å². The standard InChI is InChI=1S/C26H27Cl2F3N4O2/c1-37-14-17-3-2-8-35(17)22-12-21-20(11-19(22)28)33-23(34-21)10-16-9-15(4-5-18(16)27)13-32-24(36)25(6-7-25)26(29,30)31/h4-5,9,11-12,17H,2-3,6-8,10,13-14H2,1H3,(H,32,36)(H,33,34)/t17-/m0/s1. The van der Waals surface area contributed by atoms with E-state index < -0.39 is 17.5 Å². The first-order valence-electron chi connectivity index (χ1n) is 12.2. The molecule has 0 unspecified atom stereocenters. The molecule has 37 heavy (non-hydrogen) atoms. The lowest BCUT2D eigenvalue weighted by Gasteiger charge is -2.27. The minimum absolute atomic E-state index is 0.0155. The molecule has 2 aliphatic rings. The van der Waals surface area contributed by atoms with Crippen molar-refractivity contribution in [3.63, 3.8) is 0 Å². The zero-order chi connectivity index (χ0) is 26.4. The molecule has 1 amide bonds. The Labute approximate surface area is 222 Å². The van der Waals surface area contributed by atoms with Crippen LogP contribution in [0.4, 0.5) is 18.9 Å². The molecule has 2 fully saturated rings. The highest BCUT2D eigenvalue weighted by Gasteiger charge is 2.68. The number of H-pyrrole nitrogens is 1. The number of fused-ring (bicyclic) bond motifs is 1. The lowest BCUT2D eigenvalue weighted by atomic mass is 10.0. The van der Waals surface area contributed by atoms with Crippen molar-refractivity contribution in [3.8, 4) is 0 Å². The fourth-order valence-corrected chi connectivity index (χ4v) is 5.52. The number of nitrogens with one attached hydrogen (secondary N) is 2. The van der Waals surface area contributed by atoms with Crippen LogP contribution in [-0.4, -0.2) is 48.4 Å². The first-order chi connectivity index (χ1) is 17.6. The number of aromatic nitrogens is 2. The van der Waals surface area contributed by atoms with Crippen LogP contribution in [0.5, 0.6) is 0 Å². The molecule has 0 spiro atoms. The number of rotatable bonds is 8. The summed E-state index contributed by atoms with van der Waals surface area (Å²) in [5, 5.41) is 3.57. The molecule has 11 heteroatoms. The summed E-state index contributed by atoms with van der Waals surface area (Å²) >= 11 is 13.0. The van der Waals surface area contributed by atoms with Crippen LogP contribution < -0.4 is 10.2 Å². The Kier molecular flexibility index (Phi) is 7.06. The Bertz CT molecular complexity index is 1320. The Hall–Kier alpha value is -2.49. The smallest absolute Gasteiger partial charge is 0.383 e. The number of benzene rings is 2. The van der Waals surface area contributed by atoms with E-state index in [1.54, 1.807) is 25.3 Å². The second-order valence-electron chi connectivity index (χ2n) is 9.81. The van der Waals surface area contributed by atoms with E-state index in [1.807, 2.05) is 12.1 Å². The number of amides is 1. The minimum Gasteiger partial charge on any atom is -0.383 e. The van der Waals surface area contributed by atoms with Gasteiger partial charge in [-0.25, -0.2) is 4.98 Å². The fourth-order valence-electron chi connectivity index (χ4n) is 5.06. The van der Waals surface area contributed by atoms with Gasteiger partial charge < -0.3 is 19.9 Å². The molecular weight excluding hydrogens is 528 g/mol. The average molecular weight is 555 g/mol. The summed E-state index contributed by atoms with van der Waals surface area (Å²) in [5.41, 5.74) is 1.66. The second kappa shape index (κ2) is 10.0. The zero-order valence-corrected chi connectivity index (χ0v) is 21.7. The van der Waals surface area contributed by atoms with Crippen molar-refractivity contribution in [3.05, 3.63) is 57.3 Å². The van der Waals surface area contributed by atoms with E-state index in [1.165, 1.54) is 0 Å². The SMILES string of the molecule is COC[C@@H]1CCCN1c1cc2nc(Cc3cc(CNC(=O)C4(C(F)(F)F)CC4)ccc3Cl)[nH]c2cc1Cl. The van der Waals surface area contributed by atoms with Crippen LogP contribution in [0.15, 0.2) is 30.3 Å². The Morgan fingerprint density at radius 3 is 2.73 bits per heavy atom. The normalized spacial score (nSPS) is 19.0. The quantitative estimate of drug-likeness (QED) is 0.356. The van der Waals surface area contributed by atoms with E-state index in [0.717, 1.165) is 41.7 Å². The molecule has 198 valence electrons. The van der Waals surface area contributed by atoms with Gasteiger partial charge in [0.25, 0.3) is 0 Å². The molecule has 0 bridgehead atoms. The van der Waals surface area contributed by atoms with Crippen LogP contribution in [0.25, 0.3) is 11.0 Å².